The highest BCUT2D eigenvalue weighted by molar-refractivity contribution is 4.96. The lowest BCUT2D eigenvalue weighted by Gasteiger charge is -2.36. The van der Waals surface area contributed by atoms with Crippen LogP contribution in [0.2, 0.25) is 0 Å². The molecule has 2 heteroatoms. The molecule has 0 aromatic heterocycles. The Balaban J connectivity index is 1.99. The minimum atomic E-state index is -0.116. The lowest BCUT2D eigenvalue weighted by atomic mass is 9.89. The zero-order chi connectivity index (χ0) is 7.90. The normalized spacial score (nSPS) is 45.8. The lowest BCUT2D eigenvalue weighted by Crippen LogP contribution is -2.41. The molecule has 0 aromatic rings. The third-order valence-electron chi connectivity index (χ3n) is 2.96. The van der Waals surface area contributed by atoms with Gasteiger partial charge in [0.25, 0.3) is 0 Å². The Bertz CT molecular complexity index is 154. The van der Waals surface area contributed by atoms with E-state index in [9.17, 15) is 5.11 Å². The van der Waals surface area contributed by atoms with Gasteiger partial charge in [0.05, 0.1) is 11.7 Å². The first kappa shape index (κ1) is 7.56. The van der Waals surface area contributed by atoms with Gasteiger partial charge in [-0.3, -0.25) is 0 Å². The van der Waals surface area contributed by atoms with Gasteiger partial charge in [-0.25, -0.2) is 0 Å². The number of hydrogen-bond donors (Lipinski definition) is 1. The number of rotatable bonds is 1. The van der Waals surface area contributed by atoms with Crippen molar-refractivity contribution in [1.82, 2.24) is 0 Å². The van der Waals surface area contributed by atoms with E-state index in [1.807, 2.05) is 0 Å². The summed E-state index contributed by atoms with van der Waals surface area (Å²) in [5.41, 5.74) is 0.0116. The molecule has 2 fully saturated rings. The standard InChI is InChI=1S/C9H16O2/c1-9(7-2-3-7)6-8(10)4-5-11-9/h7-8,10H,2-6H2,1H3. The predicted molar refractivity (Wildman–Crippen MR) is 42.3 cm³/mol. The summed E-state index contributed by atoms with van der Waals surface area (Å²) in [6.45, 7) is 2.89. The number of aliphatic hydroxyl groups is 1. The summed E-state index contributed by atoms with van der Waals surface area (Å²) in [5.74, 6) is 0.734. The molecular weight excluding hydrogens is 140 g/mol. The molecule has 0 amide bonds. The van der Waals surface area contributed by atoms with Gasteiger partial charge in [0.2, 0.25) is 0 Å². The van der Waals surface area contributed by atoms with E-state index < -0.39 is 0 Å². The van der Waals surface area contributed by atoms with Crippen LogP contribution in [0.3, 0.4) is 0 Å². The van der Waals surface area contributed by atoms with Crippen LogP contribution in [0.15, 0.2) is 0 Å². The van der Waals surface area contributed by atoms with Crippen molar-refractivity contribution in [2.45, 2.75) is 44.3 Å². The van der Waals surface area contributed by atoms with E-state index in [4.69, 9.17) is 4.74 Å². The molecule has 1 N–H and O–H groups in total. The molecular formula is C9H16O2. The van der Waals surface area contributed by atoms with E-state index in [1.54, 1.807) is 0 Å². The molecule has 2 nitrogen and oxygen atoms in total. The van der Waals surface area contributed by atoms with Crippen molar-refractivity contribution in [2.75, 3.05) is 6.61 Å². The second-order valence-electron chi connectivity index (χ2n) is 4.08. The highest BCUT2D eigenvalue weighted by atomic mass is 16.5. The molecule has 2 unspecified atom stereocenters. The van der Waals surface area contributed by atoms with Crippen LogP contribution in [0.4, 0.5) is 0 Å². The van der Waals surface area contributed by atoms with Gasteiger partial charge in [0.1, 0.15) is 0 Å². The first-order valence-corrected chi connectivity index (χ1v) is 4.53. The van der Waals surface area contributed by atoms with E-state index in [1.165, 1.54) is 12.8 Å². The van der Waals surface area contributed by atoms with E-state index in [2.05, 4.69) is 6.92 Å². The van der Waals surface area contributed by atoms with Gasteiger partial charge in [0, 0.05) is 13.0 Å². The number of ether oxygens (including phenoxy) is 1. The summed E-state index contributed by atoms with van der Waals surface area (Å²) in [7, 11) is 0. The molecule has 11 heavy (non-hydrogen) atoms. The third kappa shape index (κ3) is 1.42. The summed E-state index contributed by atoms with van der Waals surface area (Å²) in [5, 5.41) is 9.44. The fourth-order valence-electron chi connectivity index (χ4n) is 2.04. The molecule has 2 atom stereocenters. The maximum Gasteiger partial charge on any atom is 0.0707 e. The first-order valence-electron chi connectivity index (χ1n) is 4.53. The van der Waals surface area contributed by atoms with Crippen LogP contribution in [-0.4, -0.2) is 23.4 Å². The number of hydrogen-bond acceptors (Lipinski definition) is 2. The van der Waals surface area contributed by atoms with Gasteiger partial charge in [-0.2, -0.15) is 0 Å². The second kappa shape index (κ2) is 2.46. The van der Waals surface area contributed by atoms with Crippen molar-refractivity contribution in [3.63, 3.8) is 0 Å². The summed E-state index contributed by atoms with van der Waals surface area (Å²) >= 11 is 0. The van der Waals surface area contributed by atoms with Crippen molar-refractivity contribution in [3.8, 4) is 0 Å². The van der Waals surface area contributed by atoms with Crippen LogP contribution >= 0.6 is 0 Å². The smallest absolute Gasteiger partial charge is 0.0707 e. The Morgan fingerprint density at radius 2 is 2.09 bits per heavy atom. The lowest BCUT2D eigenvalue weighted by molar-refractivity contribution is -0.119. The van der Waals surface area contributed by atoms with Crippen LogP contribution < -0.4 is 0 Å². The van der Waals surface area contributed by atoms with Gasteiger partial charge in [-0.1, -0.05) is 0 Å². The summed E-state index contributed by atoms with van der Waals surface area (Å²) in [6.07, 6.45) is 4.14. The SMILES string of the molecule is CC1(C2CC2)CC(O)CCO1. The fourth-order valence-corrected chi connectivity index (χ4v) is 2.04. The molecule has 2 rings (SSSR count). The van der Waals surface area contributed by atoms with Crippen molar-refractivity contribution in [3.05, 3.63) is 0 Å². The second-order valence-corrected chi connectivity index (χ2v) is 4.08. The van der Waals surface area contributed by atoms with Gasteiger partial charge in [-0.15, -0.1) is 0 Å². The quantitative estimate of drug-likeness (QED) is 0.620. The minimum absolute atomic E-state index is 0.0116. The van der Waals surface area contributed by atoms with Gasteiger partial charge >= 0.3 is 0 Å². The summed E-state index contributed by atoms with van der Waals surface area (Å²) in [6, 6.07) is 0. The molecule has 2 aliphatic rings. The Kier molecular flexibility index (Phi) is 1.69. The van der Waals surface area contributed by atoms with Crippen LogP contribution in [0.5, 0.6) is 0 Å². The monoisotopic (exact) mass is 156 g/mol. The molecule has 0 bridgehead atoms. The Morgan fingerprint density at radius 1 is 1.36 bits per heavy atom. The van der Waals surface area contributed by atoms with Gasteiger partial charge < -0.3 is 9.84 Å². The molecule has 1 saturated heterocycles. The molecule has 1 aliphatic carbocycles. The van der Waals surface area contributed by atoms with Crippen molar-refractivity contribution in [2.24, 2.45) is 5.92 Å². The molecule has 1 aliphatic heterocycles. The Hall–Kier alpha value is -0.0800. The molecule has 64 valence electrons. The average molecular weight is 156 g/mol. The van der Waals surface area contributed by atoms with Crippen molar-refractivity contribution < 1.29 is 9.84 Å². The van der Waals surface area contributed by atoms with E-state index in [0.29, 0.717) is 0 Å². The van der Waals surface area contributed by atoms with Crippen molar-refractivity contribution >= 4 is 0 Å². The topological polar surface area (TPSA) is 29.5 Å². The highest BCUT2D eigenvalue weighted by Crippen LogP contribution is 2.45. The van der Waals surface area contributed by atoms with Crippen LogP contribution in [0, 0.1) is 5.92 Å². The molecule has 0 spiro atoms. The zero-order valence-electron chi connectivity index (χ0n) is 7.05. The van der Waals surface area contributed by atoms with Gasteiger partial charge in [-0.05, 0) is 32.1 Å². The van der Waals surface area contributed by atoms with Crippen LogP contribution in [0.1, 0.15) is 32.6 Å². The van der Waals surface area contributed by atoms with Gasteiger partial charge in [0.15, 0.2) is 0 Å². The first-order chi connectivity index (χ1) is 5.21. The summed E-state index contributed by atoms with van der Waals surface area (Å²) in [4.78, 5) is 0. The Morgan fingerprint density at radius 3 is 2.64 bits per heavy atom. The molecule has 0 aromatic carbocycles. The molecule has 1 saturated carbocycles. The van der Waals surface area contributed by atoms with E-state index in [-0.39, 0.29) is 11.7 Å². The average Bonchev–Trinajstić information content (AvgIpc) is 2.66. The Labute approximate surface area is 67.6 Å². The maximum absolute atomic E-state index is 9.44. The molecule has 1 heterocycles. The maximum atomic E-state index is 9.44. The minimum Gasteiger partial charge on any atom is -0.393 e. The molecule has 0 radical (unpaired) electrons. The van der Waals surface area contributed by atoms with E-state index >= 15 is 0 Å². The van der Waals surface area contributed by atoms with Crippen LogP contribution in [-0.2, 0) is 4.74 Å². The third-order valence-corrected chi connectivity index (χ3v) is 2.96. The number of aliphatic hydroxyl groups excluding tert-OH is 1. The van der Waals surface area contributed by atoms with Crippen molar-refractivity contribution in [1.29, 1.82) is 0 Å². The van der Waals surface area contributed by atoms with E-state index in [0.717, 1.165) is 25.4 Å². The highest BCUT2D eigenvalue weighted by Gasteiger charge is 2.45. The predicted octanol–water partition coefficient (Wildman–Crippen LogP) is 1.33. The van der Waals surface area contributed by atoms with Crippen LogP contribution in [0.25, 0.3) is 0 Å². The largest absolute Gasteiger partial charge is 0.393 e. The zero-order valence-corrected chi connectivity index (χ0v) is 7.05. The summed E-state index contributed by atoms with van der Waals surface area (Å²) < 4.78 is 5.70. The fraction of sp³-hybridized carbons (Fsp3) is 1.00.